The van der Waals surface area contributed by atoms with Gasteiger partial charge in [0.15, 0.2) is 5.78 Å². The number of Topliss-reactive ketones (excluding diaryl/α,β-unsaturated/α-hetero) is 1. The predicted molar refractivity (Wildman–Crippen MR) is 107 cm³/mol. The molecule has 0 unspecified atom stereocenters. The molecule has 1 amide bonds. The van der Waals surface area contributed by atoms with Gasteiger partial charge in [0.1, 0.15) is 5.82 Å². The van der Waals surface area contributed by atoms with Crippen LogP contribution in [0.1, 0.15) is 25.1 Å². The minimum atomic E-state index is -4.44. The zero-order valence-corrected chi connectivity index (χ0v) is 17.4. The van der Waals surface area contributed by atoms with E-state index in [1.165, 1.54) is 26.2 Å². The van der Waals surface area contributed by atoms with E-state index >= 15 is 0 Å². The number of alkyl halides is 3. The van der Waals surface area contributed by atoms with Crippen molar-refractivity contribution in [3.8, 4) is 11.3 Å². The second-order valence-electron chi connectivity index (χ2n) is 7.41. The number of carbonyl (C=O) groups excluding carboxylic acids is 2. The Morgan fingerprint density at radius 1 is 1.29 bits per heavy atom. The molecule has 1 heterocycles. The summed E-state index contributed by atoms with van der Waals surface area (Å²) in [5, 5.41) is 2.80. The summed E-state index contributed by atoms with van der Waals surface area (Å²) >= 11 is 5.97. The van der Waals surface area contributed by atoms with Gasteiger partial charge in [0, 0.05) is 23.1 Å². The van der Waals surface area contributed by atoms with E-state index in [1.54, 1.807) is 6.07 Å². The minimum absolute atomic E-state index is 0.0835. The topological polar surface area (TPSA) is 90.3 Å². The molecule has 0 saturated heterocycles. The fraction of sp³-hybridized carbons (Fsp3) is 0.400. The van der Waals surface area contributed by atoms with Gasteiger partial charge < -0.3 is 4.74 Å². The number of aromatic nitrogens is 2. The van der Waals surface area contributed by atoms with E-state index in [2.05, 4.69) is 15.0 Å². The summed E-state index contributed by atoms with van der Waals surface area (Å²) in [6.07, 6.45) is -6.02. The molecule has 11 heteroatoms. The van der Waals surface area contributed by atoms with Gasteiger partial charge >= 0.3 is 12.3 Å². The third kappa shape index (κ3) is 4.90. The molecule has 1 fully saturated rings. The summed E-state index contributed by atoms with van der Waals surface area (Å²) in [5.41, 5.74) is -1.75. The first-order valence-corrected chi connectivity index (χ1v) is 9.65. The lowest BCUT2D eigenvalue weighted by molar-refractivity contribution is -0.190. The molecule has 7 nitrogen and oxygen atoms in total. The van der Waals surface area contributed by atoms with Crippen LogP contribution in [0.25, 0.3) is 11.3 Å². The van der Waals surface area contributed by atoms with Crippen molar-refractivity contribution in [2.75, 3.05) is 12.4 Å². The van der Waals surface area contributed by atoms with Crippen LogP contribution in [0.3, 0.4) is 0 Å². The number of rotatable bonds is 6. The smallest absolute Gasteiger partial charge is 0.411 e. The number of carbonyl (C=O) groups is 2. The summed E-state index contributed by atoms with van der Waals surface area (Å²) < 4.78 is 44.9. The third-order valence-electron chi connectivity index (χ3n) is 5.20. The van der Waals surface area contributed by atoms with Crippen LogP contribution in [0.4, 0.5) is 23.7 Å². The van der Waals surface area contributed by atoms with Crippen LogP contribution in [0, 0.1) is 12.3 Å². The Hall–Kier alpha value is -2.88. The lowest BCUT2D eigenvalue weighted by Gasteiger charge is -2.19. The highest BCUT2D eigenvalue weighted by atomic mass is 35.5. The Labute approximate surface area is 180 Å². The number of benzene rings is 1. The molecule has 1 saturated carbocycles. The van der Waals surface area contributed by atoms with Gasteiger partial charge in [-0.2, -0.15) is 13.2 Å². The van der Waals surface area contributed by atoms with E-state index in [0.717, 1.165) is 10.6 Å². The number of anilines is 1. The standard InChI is InChI=1S/C20H19ClF3N3O4/c1-11-25-16(14-4-3-12(21)7-15(14)26-18(30)31-2)8-17(29)27(11)10-13(28)9-19(5-6-19)20(22,23)24/h3-4,7-8H,5-6,9-10H2,1-2H3,(H,26,30). The number of hydrogen-bond donors (Lipinski definition) is 1. The monoisotopic (exact) mass is 457 g/mol. The Morgan fingerprint density at radius 3 is 2.52 bits per heavy atom. The molecule has 0 spiro atoms. The highest BCUT2D eigenvalue weighted by Gasteiger charge is 2.63. The molecule has 1 aliphatic rings. The molecule has 3 rings (SSSR count). The van der Waals surface area contributed by atoms with Crippen molar-refractivity contribution in [2.24, 2.45) is 5.41 Å². The average molecular weight is 458 g/mol. The molecule has 1 aromatic carbocycles. The van der Waals surface area contributed by atoms with E-state index in [0.29, 0.717) is 10.6 Å². The maximum absolute atomic E-state index is 13.1. The lowest BCUT2D eigenvalue weighted by atomic mass is 9.99. The quantitative estimate of drug-likeness (QED) is 0.696. The maximum atomic E-state index is 13.1. The maximum Gasteiger partial charge on any atom is 0.411 e. The Kier molecular flexibility index (Phi) is 6.13. The van der Waals surface area contributed by atoms with Gasteiger partial charge in [-0.05, 0) is 38.0 Å². The number of amides is 1. The first kappa shape index (κ1) is 22.8. The molecular formula is C20H19ClF3N3O4. The number of nitrogens with zero attached hydrogens (tertiary/aromatic N) is 2. The summed E-state index contributed by atoms with van der Waals surface area (Å²) in [6.45, 7) is 0.974. The van der Waals surface area contributed by atoms with Crippen molar-refractivity contribution < 1.29 is 27.5 Å². The SMILES string of the molecule is COC(=O)Nc1cc(Cl)ccc1-c1cc(=O)n(CC(=O)CC2(C(F)(F)F)CC2)c(C)n1. The van der Waals surface area contributed by atoms with Crippen molar-refractivity contribution in [1.82, 2.24) is 9.55 Å². The van der Waals surface area contributed by atoms with Gasteiger partial charge in [-0.1, -0.05) is 11.6 Å². The van der Waals surface area contributed by atoms with E-state index in [9.17, 15) is 27.6 Å². The fourth-order valence-electron chi connectivity index (χ4n) is 3.28. The third-order valence-corrected chi connectivity index (χ3v) is 5.44. The number of ketones is 1. The van der Waals surface area contributed by atoms with E-state index in [4.69, 9.17) is 11.6 Å². The van der Waals surface area contributed by atoms with Crippen LogP contribution in [-0.2, 0) is 16.1 Å². The highest BCUT2D eigenvalue weighted by Crippen LogP contribution is 2.60. The van der Waals surface area contributed by atoms with Crippen LogP contribution < -0.4 is 10.9 Å². The van der Waals surface area contributed by atoms with Crippen molar-refractivity contribution >= 4 is 29.2 Å². The number of methoxy groups -OCH3 is 1. The molecule has 0 atom stereocenters. The van der Waals surface area contributed by atoms with Gasteiger partial charge in [-0.25, -0.2) is 9.78 Å². The molecule has 31 heavy (non-hydrogen) atoms. The van der Waals surface area contributed by atoms with Gasteiger partial charge in [-0.15, -0.1) is 0 Å². The van der Waals surface area contributed by atoms with Gasteiger partial charge in [0.25, 0.3) is 5.56 Å². The molecule has 0 radical (unpaired) electrons. The summed E-state index contributed by atoms with van der Waals surface area (Å²) in [6, 6.07) is 5.68. The van der Waals surface area contributed by atoms with E-state index in [1.807, 2.05) is 0 Å². The molecule has 2 aromatic rings. The van der Waals surface area contributed by atoms with Crippen LogP contribution in [0.2, 0.25) is 5.02 Å². The van der Waals surface area contributed by atoms with Gasteiger partial charge in [-0.3, -0.25) is 19.5 Å². The zero-order chi connectivity index (χ0) is 23.0. The Morgan fingerprint density at radius 2 is 1.97 bits per heavy atom. The van der Waals surface area contributed by atoms with Gasteiger partial charge in [0.2, 0.25) is 0 Å². The van der Waals surface area contributed by atoms with Crippen LogP contribution in [0.15, 0.2) is 29.1 Å². The van der Waals surface area contributed by atoms with E-state index < -0.39 is 42.0 Å². The summed E-state index contributed by atoms with van der Waals surface area (Å²) in [5.74, 6) is -0.541. The number of halogens is 4. The van der Waals surface area contributed by atoms with Crippen LogP contribution in [-0.4, -0.2) is 34.7 Å². The lowest BCUT2D eigenvalue weighted by Crippen LogP contribution is -2.32. The minimum Gasteiger partial charge on any atom is -0.453 e. The number of hydrogen-bond acceptors (Lipinski definition) is 5. The summed E-state index contributed by atoms with van der Waals surface area (Å²) in [7, 11) is 1.19. The molecular weight excluding hydrogens is 439 g/mol. The second-order valence-corrected chi connectivity index (χ2v) is 7.85. The normalized spacial score (nSPS) is 14.8. The number of nitrogens with one attached hydrogen (secondary N) is 1. The largest absolute Gasteiger partial charge is 0.453 e. The predicted octanol–water partition coefficient (Wildman–Crippen LogP) is 4.35. The van der Waals surface area contributed by atoms with Crippen LogP contribution in [0.5, 0.6) is 0 Å². The Balaban J connectivity index is 1.87. The van der Waals surface area contributed by atoms with E-state index in [-0.39, 0.29) is 30.0 Å². The fourth-order valence-corrected chi connectivity index (χ4v) is 3.45. The highest BCUT2D eigenvalue weighted by molar-refractivity contribution is 6.31. The Bertz CT molecular complexity index is 1090. The van der Waals surface area contributed by atoms with Gasteiger partial charge in [0.05, 0.1) is 30.5 Å². The van der Waals surface area contributed by atoms with Crippen molar-refractivity contribution in [2.45, 2.75) is 38.9 Å². The zero-order valence-electron chi connectivity index (χ0n) is 16.7. The first-order valence-electron chi connectivity index (χ1n) is 9.27. The van der Waals surface area contributed by atoms with Crippen molar-refractivity contribution in [3.63, 3.8) is 0 Å². The molecule has 166 valence electrons. The molecule has 0 bridgehead atoms. The second kappa shape index (κ2) is 8.33. The number of aryl methyl sites for hydroxylation is 1. The average Bonchev–Trinajstić information content (AvgIpc) is 3.45. The molecule has 1 aliphatic carbocycles. The molecule has 1 aromatic heterocycles. The summed E-state index contributed by atoms with van der Waals surface area (Å²) in [4.78, 5) is 40.8. The van der Waals surface area contributed by atoms with Crippen LogP contribution >= 0.6 is 11.6 Å². The first-order chi connectivity index (χ1) is 14.5. The number of ether oxygens (including phenoxy) is 1. The van der Waals surface area contributed by atoms with Crippen molar-refractivity contribution in [1.29, 1.82) is 0 Å². The van der Waals surface area contributed by atoms with Crippen molar-refractivity contribution in [3.05, 3.63) is 45.5 Å². The molecule has 1 N–H and O–H groups in total. The molecule has 0 aliphatic heterocycles.